The lowest BCUT2D eigenvalue weighted by atomic mass is 9.87. The third kappa shape index (κ3) is 5.57. The van der Waals surface area contributed by atoms with Gasteiger partial charge in [0, 0.05) is 6.54 Å². The van der Waals surface area contributed by atoms with Gasteiger partial charge in [-0.15, -0.1) is 0 Å². The Kier molecular flexibility index (Phi) is 5.95. The Morgan fingerprint density at radius 3 is 2.50 bits per heavy atom. The number of rotatable bonds is 6. The second kappa shape index (κ2) is 7.24. The maximum absolute atomic E-state index is 12.7. The van der Waals surface area contributed by atoms with Crippen LogP contribution in [0.15, 0.2) is 24.3 Å². The van der Waals surface area contributed by atoms with Crippen LogP contribution >= 0.6 is 0 Å². The fourth-order valence-electron chi connectivity index (χ4n) is 1.51. The number of hydrogen-bond donors (Lipinski definition) is 2. The highest BCUT2D eigenvalue weighted by Gasteiger charge is 2.26. The van der Waals surface area contributed by atoms with E-state index in [0.717, 1.165) is 0 Å². The van der Waals surface area contributed by atoms with Crippen LogP contribution in [0.1, 0.15) is 27.2 Å². The smallest absolute Gasteiger partial charge is 0.237 e. The zero-order valence-corrected chi connectivity index (χ0v) is 12.3. The first-order valence-electron chi connectivity index (χ1n) is 6.72. The molecule has 0 heterocycles. The molecule has 0 aromatic heterocycles. The lowest BCUT2D eigenvalue weighted by Gasteiger charge is -2.25. The summed E-state index contributed by atoms with van der Waals surface area (Å²) in [6.07, 6.45) is 0.667. The number of hydrogen-bond acceptors (Lipinski definition) is 3. The van der Waals surface area contributed by atoms with Crippen molar-refractivity contribution in [2.75, 3.05) is 13.2 Å². The van der Waals surface area contributed by atoms with Gasteiger partial charge >= 0.3 is 0 Å². The van der Waals surface area contributed by atoms with Crippen LogP contribution in [0, 0.1) is 11.2 Å². The van der Waals surface area contributed by atoms with Gasteiger partial charge in [-0.2, -0.15) is 0 Å². The topological polar surface area (TPSA) is 64.4 Å². The third-order valence-corrected chi connectivity index (χ3v) is 2.92. The van der Waals surface area contributed by atoms with Gasteiger partial charge in [-0.3, -0.25) is 4.79 Å². The fraction of sp³-hybridized carbons (Fsp3) is 0.533. The van der Waals surface area contributed by atoms with E-state index in [0.29, 0.717) is 25.3 Å². The average Bonchev–Trinajstić information content (AvgIpc) is 2.38. The zero-order valence-electron chi connectivity index (χ0n) is 12.3. The van der Waals surface area contributed by atoms with Crippen molar-refractivity contribution in [3.63, 3.8) is 0 Å². The summed E-state index contributed by atoms with van der Waals surface area (Å²) >= 11 is 0. The van der Waals surface area contributed by atoms with E-state index in [1.54, 1.807) is 12.1 Å². The van der Waals surface area contributed by atoms with Crippen molar-refractivity contribution in [1.29, 1.82) is 0 Å². The van der Waals surface area contributed by atoms with Crippen molar-refractivity contribution in [3.8, 4) is 5.75 Å². The Bertz CT molecular complexity index is 426. The highest BCUT2D eigenvalue weighted by Crippen LogP contribution is 2.17. The molecular formula is C15H23FN2O2. The van der Waals surface area contributed by atoms with Crippen molar-refractivity contribution >= 4 is 5.91 Å². The summed E-state index contributed by atoms with van der Waals surface area (Å²) in [5.74, 6) is 0.171. The van der Waals surface area contributed by atoms with Gasteiger partial charge in [-0.1, -0.05) is 20.8 Å². The Hall–Kier alpha value is -1.62. The Labute approximate surface area is 119 Å². The highest BCUT2D eigenvalue weighted by atomic mass is 19.1. The quantitative estimate of drug-likeness (QED) is 0.785. The summed E-state index contributed by atoms with van der Waals surface area (Å²) in [6, 6.07) is 5.31. The predicted octanol–water partition coefficient (Wildman–Crippen LogP) is 2.08. The monoisotopic (exact) mass is 282 g/mol. The number of amides is 1. The molecule has 0 fully saturated rings. The van der Waals surface area contributed by atoms with E-state index in [2.05, 4.69) is 5.32 Å². The summed E-state index contributed by atoms with van der Waals surface area (Å²) in [5.41, 5.74) is 5.58. The van der Waals surface area contributed by atoms with E-state index in [9.17, 15) is 9.18 Å². The summed E-state index contributed by atoms with van der Waals surface area (Å²) in [5, 5.41) is 2.78. The molecule has 0 radical (unpaired) electrons. The molecule has 1 amide bonds. The van der Waals surface area contributed by atoms with E-state index in [1.807, 2.05) is 20.8 Å². The molecule has 0 saturated carbocycles. The van der Waals surface area contributed by atoms with Gasteiger partial charge in [0.1, 0.15) is 11.6 Å². The van der Waals surface area contributed by atoms with Gasteiger partial charge in [0.05, 0.1) is 12.6 Å². The summed E-state index contributed by atoms with van der Waals surface area (Å²) in [6.45, 7) is 6.74. The van der Waals surface area contributed by atoms with Crippen LogP contribution in [0.2, 0.25) is 0 Å². The van der Waals surface area contributed by atoms with Crippen LogP contribution in [0.4, 0.5) is 4.39 Å². The normalized spacial score (nSPS) is 12.8. The number of nitrogens with one attached hydrogen (secondary N) is 1. The minimum Gasteiger partial charge on any atom is -0.494 e. The summed E-state index contributed by atoms with van der Waals surface area (Å²) in [7, 11) is 0. The van der Waals surface area contributed by atoms with Crippen LogP contribution in [0.25, 0.3) is 0 Å². The van der Waals surface area contributed by atoms with E-state index in [-0.39, 0.29) is 17.1 Å². The number of ether oxygens (including phenoxy) is 1. The molecule has 0 unspecified atom stereocenters. The molecule has 3 N–H and O–H groups in total. The molecule has 0 spiro atoms. The second-order valence-corrected chi connectivity index (χ2v) is 5.79. The Balaban J connectivity index is 2.19. The molecule has 1 atom stereocenters. The van der Waals surface area contributed by atoms with Crippen molar-refractivity contribution in [3.05, 3.63) is 30.1 Å². The van der Waals surface area contributed by atoms with Gasteiger partial charge < -0.3 is 15.8 Å². The molecule has 4 nitrogen and oxygen atoms in total. The fourth-order valence-corrected chi connectivity index (χ4v) is 1.51. The van der Waals surface area contributed by atoms with Gasteiger partial charge in [0.15, 0.2) is 0 Å². The number of halogens is 1. The first-order valence-corrected chi connectivity index (χ1v) is 6.72. The van der Waals surface area contributed by atoms with Gasteiger partial charge in [0.2, 0.25) is 5.91 Å². The minimum absolute atomic E-state index is 0.153. The van der Waals surface area contributed by atoms with Crippen LogP contribution in [-0.2, 0) is 4.79 Å². The number of carbonyl (C=O) groups excluding carboxylic acids is 1. The van der Waals surface area contributed by atoms with E-state index < -0.39 is 6.04 Å². The van der Waals surface area contributed by atoms with E-state index in [4.69, 9.17) is 10.5 Å². The molecule has 112 valence electrons. The Morgan fingerprint density at radius 1 is 1.35 bits per heavy atom. The maximum atomic E-state index is 12.7. The zero-order chi connectivity index (χ0) is 15.2. The van der Waals surface area contributed by atoms with Crippen molar-refractivity contribution in [1.82, 2.24) is 5.32 Å². The molecule has 0 bridgehead atoms. The molecule has 1 rings (SSSR count). The number of benzene rings is 1. The standard InChI is InChI=1S/C15H23FN2O2/c1-15(2,3)13(17)14(19)18-9-4-10-20-12-7-5-11(16)6-8-12/h5-8,13H,4,9-10,17H2,1-3H3,(H,18,19)/t13-/m1/s1. The van der Waals surface area contributed by atoms with Crippen molar-refractivity contribution < 1.29 is 13.9 Å². The molecule has 5 heteroatoms. The molecule has 0 aliphatic rings. The summed E-state index contributed by atoms with van der Waals surface area (Å²) in [4.78, 5) is 11.7. The number of carbonyl (C=O) groups is 1. The predicted molar refractivity (Wildman–Crippen MR) is 77.0 cm³/mol. The molecule has 0 aliphatic heterocycles. The Morgan fingerprint density at radius 2 is 1.95 bits per heavy atom. The average molecular weight is 282 g/mol. The van der Waals surface area contributed by atoms with E-state index >= 15 is 0 Å². The van der Waals surface area contributed by atoms with Crippen LogP contribution < -0.4 is 15.8 Å². The SMILES string of the molecule is CC(C)(C)[C@H](N)C(=O)NCCCOc1ccc(F)cc1. The van der Waals surface area contributed by atoms with Crippen LogP contribution in [0.3, 0.4) is 0 Å². The van der Waals surface area contributed by atoms with Gasteiger partial charge in [0.25, 0.3) is 0 Å². The molecule has 1 aromatic carbocycles. The van der Waals surface area contributed by atoms with Gasteiger partial charge in [-0.05, 0) is 36.1 Å². The lowest BCUT2D eigenvalue weighted by Crippen LogP contribution is -2.48. The largest absolute Gasteiger partial charge is 0.494 e. The van der Waals surface area contributed by atoms with E-state index in [1.165, 1.54) is 12.1 Å². The summed E-state index contributed by atoms with van der Waals surface area (Å²) < 4.78 is 18.1. The second-order valence-electron chi connectivity index (χ2n) is 5.79. The van der Waals surface area contributed by atoms with Crippen molar-refractivity contribution in [2.24, 2.45) is 11.1 Å². The molecule has 1 aromatic rings. The highest BCUT2D eigenvalue weighted by molar-refractivity contribution is 5.82. The molecular weight excluding hydrogens is 259 g/mol. The van der Waals surface area contributed by atoms with Crippen LogP contribution in [0.5, 0.6) is 5.75 Å². The molecule has 20 heavy (non-hydrogen) atoms. The lowest BCUT2D eigenvalue weighted by molar-refractivity contribution is -0.124. The third-order valence-electron chi connectivity index (χ3n) is 2.92. The first kappa shape index (κ1) is 16.4. The van der Waals surface area contributed by atoms with Gasteiger partial charge in [-0.25, -0.2) is 4.39 Å². The first-order chi connectivity index (χ1) is 9.30. The maximum Gasteiger partial charge on any atom is 0.237 e. The minimum atomic E-state index is -0.527. The van der Waals surface area contributed by atoms with Crippen molar-refractivity contribution in [2.45, 2.75) is 33.2 Å². The molecule has 0 saturated heterocycles. The molecule has 0 aliphatic carbocycles. The van der Waals surface area contributed by atoms with Crippen LogP contribution in [-0.4, -0.2) is 25.1 Å². The number of nitrogens with two attached hydrogens (primary N) is 1.